The van der Waals surface area contributed by atoms with Crippen molar-refractivity contribution in [3.63, 3.8) is 0 Å². The van der Waals surface area contributed by atoms with E-state index in [1.165, 1.54) is 23.1 Å². The number of benzene rings is 3. The second-order valence-electron chi connectivity index (χ2n) is 10.1. The Hall–Kier alpha value is -3.93. The van der Waals surface area contributed by atoms with Crippen molar-refractivity contribution in [2.24, 2.45) is 0 Å². The minimum Gasteiger partial charge on any atom is -0.507 e. The lowest BCUT2D eigenvalue weighted by molar-refractivity contribution is -0.140. The standard InChI is InChI=1S/C30H30FNO4/c1-18-16-21(10-15-24(18)31)27(33)25-26(20-8-11-22(12-9-20)30(2,3)4)32(29(35)28(25)34)17-19-6-13-23(36-5)14-7-19/h6-16,26,33H,17H2,1-5H3/b27-25-. The monoisotopic (exact) mass is 487 g/mol. The largest absolute Gasteiger partial charge is 0.507 e. The summed E-state index contributed by atoms with van der Waals surface area (Å²) in [6, 6.07) is 18.3. The van der Waals surface area contributed by atoms with Crippen LogP contribution in [0.15, 0.2) is 72.3 Å². The number of nitrogens with zero attached hydrogens (tertiary/aromatic N) is 1. The number of hydrogen-bond donors (Lipinski definition) is 1. The number of rotatable bonds is 5. The van der Waals surface area contributed by atoms with Gasteiger partial charge >= 0.3 is 0 Å². The van der Waals surface area contributed by atoms with E-state index >= 15 is 0 Å². The Bertz CT molecular complexity index is 1330. The average Bonchev–Trinajstić information content (AvgIpc) is 3.10. The number of hydrogen-bond acceptors (Lipinski definition) is 4. The van der Waals surface area contributed by atoms with Crippen molar-refractivity contribution in [3.8, 4) is 5.75 Å². The van der Waals surface area contributed by atoms with Crippen LogP contribution in [0.3, 0.4) is 0 Å². The molecule has 1 N–H and O–H groups in total. The van der Waals surface area contributed by atoms with Gasteiger partial charge in [0.15, 0.2) is 0 Å². The molecule has 1 aliphatic heterocycles. The molecule has 0 aromatic heterocycles. The van der Waals surface area contributed by atoms with Crippen molar-refractivity contribution in [2.45, 2.75) is 45.7 Å². The molecule has 1 atom stereocenters. The topological polar surface area (TPSA) is 66.8 Å². The third kappa shape index (κ3) is 4.76. The van der Waals surface area contributed by atoms with Crippen molar-refractivity contribution < 1.29 is 23.8 Å². The number of methoxy groups -OCH3 is 1. The van der Waals surface area contributed by atoms with Crippen LogP contribution in [-0.2, 0) is 21.5 Å². The van der Waals surface area contributed by atoms with Crippen LogP contribution in [0, 0.1) is 12.7 Å². The summed E-state index contributed by atoms with van der Waals surface area (Å²) in [5, 5.41) is 11.2. The Kier molecular flexibility index (Phi) is 6.72. The Morgan fingerprint density at radius 1 is 1.00 bits per heavy atom. The molecule has 5 nitrogen and oxygen atoms in total. The number of aryl methyl sites for hydroxylation is 1. The van der Waals surface area contributed by atoms with Gasteiger partial charge in [-0.05, 0) is 64.9 Å². The van der Waals surface area contributed by atoms with Gasteiger partial charge in [0.05, 0.1) is 18.7 Å². The molecule has 3 aromatic rings. The lowest BCUT2D eigenvalue weighted by atomic mass is 9.85. The van der Waals surface area contributed by atoms with E-state index in [1.54, 1.807) is 26.2 Å². The molecular formula is C30H30FNO4. The highest BCUT2D eigenvalue weighted by Crippen LogP contribution is 2.41. The second-order valence-corrected chi connectivity index (χ2v) is 10.1. The van der Waals surface area contributed by atoms with Crippen molar-refractivity contribution >= 4 is 17.4 Å². The summed E-state index contributed by atoms with van der Waals surface area (Å²) in [6.07, 6.45) is 0. The Balaban J connectivity index is 1.84. The molecule has 1 amide bonds. The molecule has 186 valence electrons. The molecule has 0 aliphatic carbocycles. The van der Waals surface area contributed by atoms with E-state index in [-0.39, 0.29) is 28.9 Å². The van der Waals surface area contributed by atoms with Crippen LogP contribution in [0.2, 0.25) is 0 Å². The average molecular weight is 488 g/mol. The number of amides is 1. The normalized spacial score (nSPS) is 17.5. The summed E-state index contributed by atoms with van der Waals surface area (Å²) in [7, 11) is 1.58. The molecule has 1 fully saturated rings. The summed E-state index contributed by atoms with van der Waals surface area (Å²) >= 11 is 0. The van der Waals surface area contributed by atoms with E-state index in [4.69, 9.17) is 4.74 Å². The number of aliphatic hydroxyl groups excluding tert-OH is 1. The zero-order chi connectivity index (χ0) is 26.2. The SMILES string of the molecule is COc1ccc(CN2C(=O)C(=O)/C(=C(\O)c3ccc(F)c(C)c3)C2c2ccc(C(C)(C)C)cc2)cc1. The quantitative estimate of drug-likeness (QED) is 0.270. The lowest BCUT2D eigenvalue weighted by Crippen LogP contribution is -2.29. The van der Waals surface area contributed by atoms with Gasteiger partial charge < -0.3 is 14.7 Å². The molecule has 0 saturated carbocycles. The van der Waals surface area contributed by atoms with Crippen LogP contribution in [0.5, 0.6) is 5.75 Å². The number of ketones is 1. The molecule has 4 rings (SSSR count). The molecule has 1 heterocycles. The maximum atomic E-state index is 13.9. The predicted octanol–water partition coefficient (Wildman–Crippen LogP) is 6.06. The lowest BCUT2D eigenvalue weighted by Gasteiger charge is -2.26. The smallest absolute Gasteiger partial charge is 0.295 e. The number of Topliss-reactive ketones (excluding diaryl/α,β-unsaturated/α-hetero) is 1. The van der Waals surface area contributed by atoms with Gasteiger partial charge in [-0.15, -0.1) is 0 Å². The molecule has 1 saturated heterocycles. The highest BCUT2D eigenvalue weighted by Gasteiger charge is 2.46. The van der Waals surface area contributed by atoms with Gasteiger partial charge in [0.2, 0.25) is 0 Å². The van der Waals surface area contributed by atoms with Gasteiger partial charge in [0, 0.05) is 12.1 Å². The molecule has 1 aliphatic rings. The van der Waals surface area contributed by atoms with Crippen LogP contribution in [-0.4, -0.2) is 28.8 Å². The van der Waals surface area contributed by atoms with Gasteiger partial charge in [0.25, 0.3) is 11.7 Å². The number of aliphatic hydroxyl groups is 1. The third-order valence-corrected chi connectivity index (χ3v) is 6.58. The minimum atomic E-state index is -0.800. The Morgan fingerprint density at radius 2 is 1.64 bits per heavy atom. The third-order valence-electron chi connectivity index (χ3n) is 6.58. The maximum absolute atomic E-state index is 13.9. The van der Waals surface area contributed by atoms with E-state index in [0.29, 0.717) is 16.9 Å². The molecular weight excluding hydrogens is 457 g/mol. The molecule has 1 unspecified atom stereocenters. The van der Waals surface area contributed by atoms with Crippen LogP contribution in [0.1, 0.15) is 54.6 Å². The first-order valence-electron chi connectivity index (χ1n) is 11.8. The highest BCUT2D eigenvalue weighted by molar-refractivity contribution is 6.46. The van der Waals surface area contributed by atoms with Crippen molar-refractivity contribution in [3.05, 3.63) is 106 Å². The van der Waals surface area contributed by atoms with Crippen LogP contribution in [0.4, 0.5) is 4.39 Å². The van der Waals surface area contributed by atoms with E-state index < -0.39 is 23.5 Å². The van der Waals surface area contributed by atoms with Gasteiger partial charge in [-0.25, -0.2) is 4.39 Å². The molecule has 6 heteroatoms. The zero-order valence-corrected chi connectivity index (χ0v) is 21.1. The van der Waals surface area contributed by atoms with E-state index in [9.17, 15) is 19.1 Å². The molecule has 36 heavy (non-hydrogen) atoms. The molecule has 0 radical (unpaired) electrons. The predicted molar refractivity (Wildman–Crippen MR) is 137 cm³/mol. The Labute approximate surface area is 210 Å². The highest BCUT2D eigenvalue weighted by atomic mass is 19.1. The van der Waals surface area contributed by atoms with Gasteiger partial charge in [0.1, 0.15) is 17.3 Å². The fourth-order valence-corrected chi connectivity index (χ4v) is 4.43. The van der Waals surface area contributed by atoms with Crippen molar-refractivity contribution in [2.75, 3.05) is 7.11 Å². The first kappa shape index (κ1) is 25.2. The first-order valence-corrected chi connectivity index (χ1v) is 11.8. The summed E-state index contributed by atoms with van der Waals surface area (Å²) in [5.74, 6) is -1.52. The number of carbonyl (C=O) groups excluding carboxylic acids is 2. The number of carbonyl (C=O) groups is 2. The fraction of sp³-hybridized carbons (Fsp3) is 0.267. The number of halogens is 1. The van der Waals surface area contributed by atoms with Gasteiger partial charge in [-0.3, -0.25) is 9.59 Å². The Morgan fingerprint density at radius 3 is 2.19 bits per heavy atom. The van der Waals surface area contributed by atoms with E-state index in [2.05, 4.69) is 20.8 Å². The number of ether oxygens (including phenoxy) is 1. The fourth-order valence-electron chi connectivity index (χ4n) is 4.43. The second kappa shape index (κ2) is 9.61. The molecule has 0 bridgehead atoms. The summed E-state index contributed by atoms with van der Waals surface area (Å²) in [5.41, 5.74) is 3.15. The van der Waals surface area contributed by atoms with E-state index in [1.807, 2.05) is 36.4 Å². The zero-order valence-electron chi connectivity index (χ0n) is 21.1. The van der Waals surface area contributed by atoms with Crippen LogP contribution in [0.25, 0.3) is 5.76 Å². The van der Waals surface area contributed by atoms with Crippen molar-refractivity contribution in [1.29, 1.82) is 0 Å². The molecule has 0 spiro atoms. The summed E-state index contributed by atoms with van der Waals surface area (Å²) in [4.78, 5) is 28.0. The minimum absolute atomic E-state index is 0.0111. The summed E-state index contributed by atoms with van der Waals surface area (Å²) < 4.78 is 19.1. The van der Waals surface area contributed by atoms with Gasteiger partial charge in [-0.1, -0.05) is 57.2 Å². The van der Waals surface area contributed by atoms with Crippen LogP contribution >= 0.6 is 0 Å². The van der Waals surface area contributed by atoms with Crippen LogP contribution < -0.4 is 4.74 Å². The summed E-state index contributed by atoms with van der Waals surface area (Å²) in [6.45, 7) is 8.06. The first-order chi connectivity index (χ1) is 17.0. The number of likely N-dealkylation sites (tertiary alicyclic amines) is 1. The van der Waals surface area contributed by atoms with E-state index in [0.717, 1.165) is 11.1 Å². The van der Waals surface area contributed by atoms with Crippen molar-refractivity contribution in [1.82, 2.24) is 4.90 Å². The molecule has 3 aromatic carbocycles. The maximum Gasteiger partial charge on any atom is 0.295 e. The van der Waals surface area contributed by atoms with Gasteiger partial charge in [-0.2, -0.15) is 0 Å².